The molecule has 2 N–H and O–H groups in total. The summed E-state index contributed by atoms with van der Waals surface area (Å²) >= 11 is 15.4. The Morgan fingerprint density at radius 1 is 1.10 bits per heavy atom. The van der Waals surface area contributed by atoms with Gasteiger partial charge in [-0.05, 0) is 43.2 Å². The number of nitrogens with zero attached hydrogens (tertiary/aromatic N) is 2. The van der Waals surface area contributed by atoms with E-state index in [9.17, 15) is 4.79 Å². The molecule has 1 amide bonds. The van der Waals surface area contributed by atoms with Gasteiger partial charge in [-0.25, -0.2) is 0 Å². The van der Waals surface area contributed by atoms with Crippen molar-refractivity contribution in [1.29, 1.82) is 0 Å². The van der Waals surface area contributed by atoms with Gasteiger partial charge in [0.25, 0.3) is 5.91 Å². The van der Waals surface area contributed by atoms with Gasteiger partial charge in [-0.2, -0.15) is 5.10 Å². The molecule has 0 aromatic heterocycles. The average molecular weight is 529 g/mol. The molecule has 0 unspecified atom stereocenters. The Morgan fingerprint density at radius 2 is 1.77 bits per heavy atom. The van der Waals surface area contributed by atoms with E-state index in [1.54, 1.807) is 17.1 Å². The Labute approximate surface area is 202 Å². The number of hydrogen-bond acceptors (Lipinski definition) is 4. The summed E-state index contributed by atoms with van der Waals surface area (Å²) in [6, 6.07) is 15.6. The van der Waals surface area contributed by atoms with Crippen molar-refractivity contribution >= 4 is 56.4 Å². The van der Waals surface area contributed by atoms with Crippen molar-refractivity contribution in [3.8, 4) is 0 Å². The van der Waals surface area contributed by atoms with E-state index >= 15 is 0 Å². The molecule has 1 heterocycles. The molecule has 4 rings (SSSR count). The van der Waals surface area contributed by atoms with Gasteiger partial charge in [0.05, 0.1) is 10.7 Å². The third-order valence-electron chi connectivity index (χ3n) is 4.93. The Bertz CT molecular complexity index is 859. The molecule has 0 atom stereocenters. The van der Waals surface area contributed by atoms with E-state index in [1.165, 1.54) is 19.3 Å². The van der Waals surface area contributed by atoms with Gasteiger partial charge in [0.15, 0.2) is 0 Å². The van der Waals surface area contributed by atoms with Crippen LogP contribution in [0, 0.1) is 0 Å². The highest BCUT2D eigenvalue weighted by Crippen LogP contribution is 2.30. The van der Waals surface area contributed by atoms with Crippen molar-refractivity contribution in [2.75, 3.05) is 18.7 Å². The average Bonchev–Trinajstić information content (AvgIpc) is 3.27. The fraction of sp³-hybridized carbons (Fsp3) is 0.391. The minimum absolute atomic E-state index is 0.0421. The number of hydrazone groups is 1. The number of amides is 1. The summed E-state index contributed by atoms with van der Waals surface area (Å²) in [6.07, 6.45) is 6.46. The van der Waals surface area contributed by atoms with Gasteiger partial charge < -0.3 is 10.4 Å². The second-order valence-electron chi connectivity index (χ2n) is 7.12. The van der Waals surface area contributed by atoms with E-state index in [1.807, 2.05) is 36.4 Å². The first kappa shape index (κ1) is 25.7. The van der Waals surface area contributed by atoms with Gasteiger partial charge in [-0.15, -0.1) is 0 Å². The summed E-state index contributed by atoms with van der Waals surface area (Å²) in [6.45, 7) is 0.661. The number of rotatable bonds is 3. The second kappa shape index (κ2) is 13.7. The van der Waals surface area contributed by atoms with Crippen molar-refractivity contribution in [2.24, 2.45) is 5.10 Å². The predicted molar refractivity (Wildman–Crippen MR) is 133 cm³/mol. The van der Waals surface area contributed by atoms with Crippen molar-refractivity contribution in [1.82, 2.24) is 5.32 Å². The van der Waals surface area contributed by atoms with E-state index in [0.29, 0.717) is 34.8 Å². The van der Waals surface area contributed by atoms with E-state index in [2.05, 4.69) is 26.3 Å². The fourth-order valence-electron chi connectivity index (χ4n) is 3.41. The van der Waals surface area contributed by atoms with Crippen LogP contribution < -0.4 is 10.3 Å². The second-order valence-corrected chi connectivity index (χ2v) is 8.88. The molecule has 1 saturated carbocycles. The number of nitrogens with one attached hydrogen (secondary N) is 1. The molecule has 31 heavy (non-hydrogen) atoms. The van der Waals surface area contributed by atoms with Crippen LogP contribution in [0.3, 0.4) is 0 Å². The summed E-state index contributed by atoms with van der Waals surface area (Å²) in [7, 11) is 1.00. The number of hydrogen-bond donors (Lipinski definition) is 2. The summed E-state index contributed by atoms with van der Waals surface area (Å²) in [5.41, 5.74) is 1.36. The lowest BCUT2D eigenvalue weighted by Crippen LogP contribution is -2.39. The first-order chi connectivity index (χ1) is 15.0. The Kier molecular flexibility index (Phi) is 11.4. The predicted octanol–water partition coefficient (Wildman–Crippen LogP) is 6.07. The largest absolute Gasteiger partial charge is 0.400 e. The Balaban J connectivity index is 0.000000319. The normalized spacial score (nSPS) is 15.8. The maximum Gasteiger partial charge on any atom is 0.267 e. The highest BCUT2D eigenvalue weighted by Gasteiger charge is 2.25. The summed E-state index contributed by atoms with van der Waals surface area (Å²) in [4.78, 5) is 12.3. The van der Waals surface area contributed by atoms with Gasteiger partial charge in [-0.3, -0.25) is 9.80 Å². The highest BCUT2D eigenvalue weighted by atomic mass is 79.9. The van der Waals surface area contributed by atoms with Crippen LogP contribution in [0.4, 0.5) is 5.69 Å². The highest BCUT2D eigenvalue weighted by molar-refractivity contribution is 9.10. The smallest absolute Gasteiger partial charge is 0.267 e. The van der Waals surface area contributed by atoms with Crippen molar-refractivity contribution in [2.45, 2.75) is 44.6 Å². The van der Waals surface area contributed by atoms with E-state index < -0.39 is 0 Å². The van der Waals surface area contributed by atoms with Crippen LogP contribution in [0.15, 0.2) is 58.1 Å². The van der Waals surface area contributed by atoms with Crippen LogP contribution in [0.5, 0.6) is 0 Å². The molecule has 1 aliphatic heterocycles. The molecule has 0 saturated heterocycles. The van der Waals surface area contributed by atoms with Crippen LogP contribution >= 0.6 is 39.1 Å². The molecule has 0 spiro atoms. The van der Waals surface area contributed by atoms with Crippen molar-refractivity contribution < 1.29 is 9.90 Å². The summed E-state index contributed by atoms with van der Waals surface area (Å²) in [5, 5.41) is 17.4. The van der Waals surface area contributed by atoms with Gasteiger partial charge in [0, 0.05) is 35.6 Å². The molecule has 0 radical (unpaired) electrons. The SMILES string of the molecule is Brc1ccccc1.CO.O=C(NC1CCCCC1)C1=NN(c2ccc(Cl)cc2Cl)CC1. The van der Waals surface area contributed by atoms with E-state index in [4.69, 9.17) is 28.3 Å². The van der Waals surface area contributed by atoms with Crippen LogP contribution in [0.1, 0.15) is 38.5 Å². The van der Waals surface area contributed by atoms with Crippen LogP contribution in [0.25, 0.3) is 0 Å². The zero-order chi connectivity index (χ0) is 22.6. The van der Waals surface area contributed by atoms with E-state index in [-0.39, 0.29) is 5.91 Å². The van der Waals surface area contributed by atoms with Gasteiger partial charge in [0.1, 0.15) is 5.71 Å². The first-order valence-electron chi connectivity index (χ1n) is 10.3. The maximum absolute atomic E-state index is 12.3. The zero-order valence-corrected chi connectivity index (χ0v) is 20.6. The molecular weight excluding hydrogens is 501 g/mol. The number of aliphatic hydroxyl groups excluding tert-OH is 1. The number of carbonyl (C=O) groups excluding carboxylic acids is 1. The minimum Gasteiger partial charge on any atom is -0.400 e. The standard InChI is InChI=1S/C16H19Cl2N3O.C6H5Br.CH4O/c17-11-6-7-15(13(18)10-11)21-9-8-14(20-21)16(22)19-12-4-2-1-3-5-12;7-6-4-2-1-3-5-6;1-2/h6-7,10,12H,1-5,8-9H2,(H,19,22);1-5H;2H,1H3. The summed E-state index contributed by atoms with van der Waals surface area (Å²) < 4.78 is 1.13. The number of aliphatic hydroxyl groups is 1. The number of benzene rings is 2. The summed E-state index contributed by atoms with van der Waals surface area (Å²) in [5.74, 6) is -0.0421. The first-order valence-corrected chi connectivity index (χ1v) is 11.8. The molecule has 2 aliphatic rings. The monoisotopic (exact) mass is 527 g/mol. The fourth-order valence-corrected chi connectivity index (χ4v) is 4.22. The topological polar surface area (TPSA) is 64.9 Å². The number of halogens is 3. The third-order valence-corrected chi connectivity index (χ3v) is 5.99. The quantitative estimate of drug-likeness (QED) is 0.508. The molecule has 1 fully saturated rings. The van der Waals surface area contributed by atoms with Crippen molar-refractivity contribution in [3.05, 3.63) is 63.0 Å². The minimum atomic E-state index is -0.0421. The third kappa shape index (κ3) is 8.45. The molecule has 0 bridgehead atoms. The Hall–Kier alpha value is -1.60. The van der Waals surface area contributed by atoms with Gasteiger partial charge in [0.2, 0.25) is 0 Å². The molecule has 2 aromatic rings. The van der Waals surface area contributed by atoms with Crippen molar-refractivity contribution in [3.63, 3.8) is 0 Å². The molecule has 1 aliphatic carbocycles. The van der Waals surface area contributed by atoms with Crippen LogP contribution in [0.2, 0.25) is 10.0 Å². The number of carbonyl (C=O) groups is 1. The maximum atomic E-state index is 12.3. The zero-order valence-electron chi connectivity index (χ0n) is 17.5. The lowest BCUT2D eigenvalue weighted by atomic mass is 9.95. The molecule has 5 nitrogen and oxygen atoms in total. The Morgan fingerprint density at radius 3 is 2.35 bits per heavy atom. The van der Waals surface area contributed by atoms with E-state index in [0.717, 1.165) is 30.1 Å². The lowest BCUT2D eigenvalue weighted by Gasteiger charge is -2.22. The van der Waals surface area contributed by atoms with Gasteiger partial charge >= 0.3 is 0 Å². The molecular formula is C23H28BrCl2N3O2. The molecule has 168 valence electrons. The van der Waals surface area contributed by atoms with Gasteiger partial charge in [-0.1, -0.05) is 76.6 Å². The van der Waals surface area contributed by atoms with Crippen LogP contribution in [-0.2, 0) is 4.79 Å². The van der Waals surface area contributed by atoms with Crippen LogP contribution in [-0.4, -0.2) is 36.4 Å². The molecule has 8 heteroatoms. The number of anilines is 1. The lowest BCUT2D eigenvalue weighted by molar-refractivity contribution is -0.115. The molecule has 2 aromatic carbocycles.